The number of aliphatic hydroxyl groups is 2. The van der Waals surface area contributed by atoms with Crippen LogP contribution in [-0.2, 0) is 94.3 Å². The highest BCUT2D eigenvalue weighted by atomic mass is 32.2. The maximum atomic E-state index is 13.0. The molecule has 5 aliphatic rings. The molecule has 28 heteroatoms. The van der Waals surface area contributed by atoms with Gasteiger partial charge in [0.25, 0.3) is 23.6 Å². The van der Waals surface area contributed by atoms with E-state index in [1.165, 1.54) is 48.4 Å². The van der Waals surface area contributed by atoms with Gasteiger partial charge in [-0.3, -0.25) is 47.5 Å². The Bertz CT molecular complexity index is 5330. The van der Waals surface area contributed by atoms with Crippen LogP contribution in [0.15, 0.2) is 291 Å². The molecule has 0 radical (unpaired) electrons. The molecule has 688 valence electrons. The largest absolute Gasteiger partial charge is 0.523 e. The summed E-state index contributed by atoms with van der Waals surface area (Å²) in [5.74, 6) is -2.22. The second kappa shape index (κ2) is 49.0. The van der Waals surface area contributed by atoms with Crippen LogP contribution in [0.2, 0.25) is 0 Å². The first-order chi connectivity index (χ1) is 63.0. The molecule has 5 heterocycles. The van der Waals surface area contributed by atoms with Crippen LogP contribution in [-0.4, -0.2) is 184 Å². The first-order valence-corrected chi connectivity index (χ1v) is 45.0. The smallest absolute Gasteiger partial charge is 0.447 e. The number of rotatable bonds is 30. The highest BCUT2D eigenvalue weighted by Gasteiger charge is 2.50. The average molecular weight is 1810 g/mol. The number of nitrogens with two attached hydrogens (primary N) is 1. The zero-order valence-electron chi connectivity index (χ0n) is 73.8. The fourth-order valence-corrected chi connectivity index (χ4v) is 16.6. The standard InChI is InChI=1S/2C23H27NO3.C18H14F3NO5S.C17H15NO3.C13H15NO3.C9H13NO/c2*1-17(14-19-9-5-3-6-10-19)13-18(2)22(25)24-21(16-27-23(24)26)15-20-11-7-4-8-12-20;19-18(20,21)28(25,26)27-11-13(10-12-6-2-1-3-7-12)22-16(23)14-8-4-5-9-15(14)17(22)24;19-11-13(10-12-6-2-1-3-7-12)18-16(20)14-8-4-5-9-15(14)17(18)21;1-2-12(15)14-11(9-17-13(14)16)8-10-6-4-3-5-7-10;10-9(7-11)6-8-4-2-1-3-5-8/h2*3-12,17-18,21H,13-16H2,1-2H3;1-9,13H,10-11H2;1-9,13,19H,10-11H2;3-7,11H,2,8-9H2,1H3;1-5,9,11H,6-7,10H2/t17-,18+,21-;17-,18-,21-;2*13-;11-;9-/m110010/s1. The summed E-state index contributed by atoms with van der Waals surface area (Å²) in [5, 5.41) is 18.3. The van der Waals surface area contributed by atoms with E-state index in [1.807, 2.05) is 202 Å². The number of cyclic esters (lactones) is 3. The van der Waals surface area contributed by atoms with E-state index in [1.54, 1.807) is 73.7 Å². The second-order valence-corrected chi connectivity index (χ2v) is 34.5. The molecule has 0 unspecified atom stereocenters. The topological polar surface area (TPSA) is 324 Å². The Morgan fingerprint density at radius 3 is 0.939 bits per heavy atom. The molecule has 15 rings (SSSR count). The lowest BCUT2D eigenvalue weighted by Gasteiger charge is -2.26. The molecular weight excluding hydrogens is 1700 g/mol. The van der Waals surface area contributed by atoms with Gasteiger partial charge in [0.05, 0.1) is 72.3 Å². The van der Waals surface area contributed by atoms with Gasteiger partial charge < -0.3 is 30.2 Å². The van der Waals surface area contributed by atoms with Gasteiger partial charge in [0.2, 0.25) is 17.7 Å². The van der Waals surface area contributed by atoms with Crippen molar-refractivity contribution >= 4 is 69.7 Å². The van der Waals surface area contributed by atoms with Gasteiger partial charge in [-0.15, -0.1) is 0 Å². The summed E-state index contributed by atoms with van der Waals surface area (Å²) in [6.45, 7) is 9.49. The maximum Gasteiger partial charge on any atom is 0.523 e. The SMILES string of the molecule is CCC(=O)N1C(=O)OC[C@H]1Cc1ccccc1.C[C@@H](Cc1ccccc1)C[C@@H](C)C(=O)N1C(=O)OC[C@H]1Cc1ccccc1.C[C@@H](Cc1ccccc1)C[C@H](C)C(=O)N1C(=O)OC[C@H]1Cc1ccccc1.N[C@H](CO)Cc1ccccc1.O=C1c2ccccc2C(=O)N1[C@H](CO)Cc1ccccc1.O=C1c2ccccc2C(=O)N1[C@H](COS(=O)(=O)C(F)(F)F)Cc1ccccc1. The molecule has 10 amide bonds. The fourth-order valence-electron chi connectivity index (χ4n) is 16.1. The van der Waals surface area contributed by atoms with E-state index in [-0.39, 0.29) is 110 Å². The van der Waals surface area contributed by atoms with Gasteiger partial charge in [0, 0.05) is 24.3 Å². The van der Waals surface area contributed by atoms with E-state index in [9.17, 15) is 74.6 Å². The molecule has 24 nitrogen and oxygen atoms in total. The van der Waals surface area contributed by atoms with Crippen molar-refractivity contribution in [3.05, 3.63) is 358 Å². The third kappa shape index (κ3) is 28.4. The number of carbonyl (C=O) groups excluding carboxylic acids is 10. The minimum Gasteiger partial charge on any atom is -0.447 e. The van der Waals surface area contributed by atoms with Crippen LogP contribution in [0.25, 0.3) is 0 Å². The Morgan fingerprint density at radius 1 is 0.389 bits per heavy atom. The molecule has 131 heavy (non-hydrogen) atoms. The van der Waals surface area contributed by atoms with Crippen LogP contribution in [0.5, 0.6) is 0 Å². The Hall–Kier alpha value is -13.1. The lowest BCUT2D eigenvalue weighted by atomic mass is 9.90. The zero-order valence-corrected chi connectivity index (χ0v) is 74.6. The molecule has 0 aromatic heterocycles. The van der Waals surface area contributed by atoms with Gasteiger partial charge >= 0.3 is 33.9 Å². The average Bonchev–Trinajstić information content (AvgIpc) is 1.62. The summed E-state index contributed by atoms with van der Waals surface area (Å²) >= 11 is 0. The predicted molar refractivity (Wildman–Crippen MR) is 488 cm³/mol. The van der Waals surface area contributed by atoms with Crippen LogP contribution in [0.4, 0.5) is 27.6 Å². The maximum absolute atomic E-state index is 13.0. The molecular formula is C103H111F3N6O18S. The molecule has 10 aromatic rings. The van der Waals surface area contributed by atoms with Crippen molar-refractivity contribution in [1.82, 2.24) is 24.5 Å². The molecule has 3 saturated heterocycles. The molecule has 4 N–H and O–H groups in total. The number of nitrogens with zero attached hydrogens (tertiary/aromatic N) is 5. The Labute approximate surface area is 762 Å². The molecule has 10 aromatic carbocycles. The summed E-state index contributed by atoms with van der Waals surface area (Å²) in [6.07, 6.45) is 5.16. The third-order valence-corrected chi connectivity index (χ3v) is 23.6. The minimum absolute atomic E-state index is 0.0505. The normalized spacial score (nSPS) is 17.1. The molecule has 0 bridgehead atoms. The van der Waals surface area contributed by atoms with Gasteiger partial charge in [-0.2, -0.15) is 21.6 Å². The number of hydrogen-bond donors (Lipinski definition) is 3. The minimum atomic E-state index is -5.87. The van der Waals surface area contributed by atoms with E-state index in [0.29, 0.717) is 67.2 Å². The number of aliphatic hydroxyl groups excluding tert-OH is 2. The first kappa shape index (κ1) is 100. The van der Waals surface area contributed by atoms with Gasteiger partial charge in [0.1, 0.15) is 19.8 Å². The second-order valence-electron chi connectivity index (χ2n) is 32.9. The summed E-state index contributed by atoms with van der Waals surface area (Å²) in [4.78, 5) is 129. The van der Waals surface area contributed by atoms with E-state index < -0.39 is 64.4 Å². The summed E-state index contributed by atoms with van der Waals surface area (Å²) in [7, 11) is -5.87. The first-order valence-electron chi connectivity index (χ1n) is 43.6. The number of alkyl halides is 3. The predicted octanol–water partition coefficient (Wildman–Crippen LogP) is 16.1. The zero-order chi connectivity index (χ0) is 94.2. The quantitative estimate of drug-likeness (QED) is 0.0163. The summed E-state index contributed by atoms with van der Waals surface area (Å²) in [6, 6.07) is 88.1. The lowest BCUT2D eigenvalue weighted by molar-refractivity contribution is -0.134. The molecule has 0 spiro atoms. The fraction of sp³-hybridized carbons (Fsp3) is 0.320. The van der Waals surface area contributed by atoms with Crippen LogP contribution in [0.1, 0.15) is 140 Å². The summed E-state index contributed by atoms with van der Waals surface area (Å²) < 4.78 is 79.8. The number of benzene rings is 10. The van der Waals surface area contributed by atoms with Gasteiger partial charge in [-0.05, 0) is 145 Å². The van der Waals surface area contributed by atoms with Crippen LogP contribution in [0.3, 0.4) is 0 Å². The number of imide groups is 5. The molecule has 0 aliphatic carbocycles. The van der Waals surface area contributed by atoms with E-state index in [0.717, 1.165) is 59.3 Å². The number of halogens is 3. The monoisotopic (exact) mass is 1810 g/mol. The van der Waals surface area contributed by atoms with Gasteiger partial charge in [-0.1, -0.05) is 302 Å². The van der Waals surface area contributed by atoms with Crippen molar-refractivity contribution in [1.29, 1.82) is 0 Å². The van der Waals surface area contributed by atoms with Crippen molar-refractivity contribution in [2.75, 3.05) is 39.6 Å². The molecule has 0 saturated carbocycles. The van der Waals surface area contributed by atoms with E-state index in [4.69, 9.17) is 25.1 Å². The van der Waals surface area contributed by atoms with Gasteiger partial charge in [-0.25, -0.2) is 29.1 Å². The number of carbonyl (C=O) groups is 10. The number of amides is 10. The Balaban J connectivity index is 0.000000166. The van der Waals surface area contributed by atoms with E-state index in [2.05, 4.69) is 42.3 Å². The molecule has 5 aliphatic heterocycles. The molecule has 3 fully saturated rings. The Kier molecular flexibility index (Phi) is 37.5. The van der Waals surface area contributed by atoms with Crippen molar-refractivity contribution in [3.63, 3.8) is 0 Å². The van der Waals surface area contributed by atoms with Crippen molar-refractivity contribution in [2.45, 2.75) is 147 Å². The third-order valence-electron chi connectivity index (χ3n) is 22.6. The molecule has 10 atom stereocenters. The van der Waals surface area contributed by atoms with Crippen molar-refractivity contribution in [2.24, 2.45) is 29.4 Å². The Morgan fingerprint density at radius 2 is 0.649 bits per heavy atom. The van der Waals surface area contributed by atoms with Crippen molar-refractivity contribution < 1.29 is 98.1 Å². The van der Waals surface area contributed by atoms with Crippen molar-refractivity contribution in [3.8, 4) is 0 Å². The number of ether oxygens (including phenoxy) is 3. The highest BCUT2D eigenvalue weighted by molar-refractivity contribution is 7.87. The lowest BCUT2D eigenvalue weighted by Crippen LogP contribution is -2.45. The summed E-state index contributed by atoms with van der Waals surface area (Å²) in [5.41, 5.74) is 9.57. The van der Waals surface area contributed by atoms with Crippen LogP contribution >= 0.6 is 0 Å². The number of fused-ring (bicyclic) bond motifs is 2. The van der Waals surface area contributed by atoms with Crippen LogP contribution < -0.4 is 5.73 Å². The van der Waals surface area contributed by atoms with Gasteiger partial charge in [0.15, 0.2) is 0 Å². The number of hydrogen-bond acceptors (Lipinski definition) is 19. The van der Waals surface area contributed by atoms with Crippen LogP contribution in [0, 0.1) is 23.7 Å². The van der Waals surface area contributed by atoms with E-state index >= 15 is 0 Å². The highest BCUT2D eigenvalue weighted by Crippen LogP contribution is 2.33.